The molecule has 0 aliphatic heterocycles. The summed E-state index contributed by atoms with van der Waals surface area (Å²) in [7, 11) is 0. The van der Waals surface area contributed by atoms with Gasteiger partial charge in [0, 0.05) is 18.8 Å². The fourth-order valence-corrected chi connectivity index (χ4v) is 1.10. The molecule has 53 valence electrons. The minimum Gasteiger partial charge on any atom is -0.272 e. The third kappa shape index (κ3) is 1.38. The van der Waals surface area contributed by atoms with Crippen LogP contribution in [0.4, 0.5) is 0 Å². The molecule has 0 aromatic carbocycles. The van der Waals surface area contributed by atoms with Crippen molar-refractivity contribution in [3.63, 3.8) is 0 Å². The van der Waals surface area contributed by atoms with Gasteiger partial charge in [-0.2, -0.15) is 5.10 Å². The summed E-state index contributed by atoms with van der Waals surface area (Å²) in [6.07, 6.45) is 7.79. The van der Waals surface area contributed by atoms with E-state index in [4.69, 9.17) is 0 Å². The summed E-state index contributed by atoms with van der Waals surface area (Å²) in [6, 6.07) is 2.93. The maximum atomic E-state index is 4.08. The molecule has 1 fully saturated rings. The van der Waals surface area contributed by atoms with Crippen molar-refractivity contribution in [3.8, 4) is 0 Å². The van der Waals surface area contributed by atoms with Crippen LogP contribution in [-0.2, 0) is 6.54 Å². The first kappa shape index (κ1) is 5.96. The molecule has 0 N–H and O–H groups in total. The predicted octanol–water partition coefficient (Wildman–Crippen LogP) is 1.48. The maximum Gasteiger partial charge on any atom is 0.0569 e. The summed E-state index contributed by atoms with van der Waals surface area (Å²) in [5.41, 5.74) is 0. The second-order valence-corrected chi connectivity index (χ2v) is 2.94. The van der Waals surface area contributed by atoms with Crippen LogP contribution in [0.1, 0.15) is 19.3 Å². The fourth-order valence-electron chi connectivity index (χ4n) is 1.10. The van der Waals surface area contributed by atoms with Crippen molar-refractivity contribution < 1.29 is 0 Å². The van der Waals surface area contributed by atoms with Gasteiger partial charge in [0.15, 0.2) is 0 Å². The molecule has 2 nitrogen and oxygen atoms in total. The van der Waals surface area contributed by atoms with Gasteiger partial charge in [-0.15, -0.1) is 0 Å². The van der Waals surface area contributed by atoms with E-state index in [9.17, 15) is 0 Å². The topological polar surface area (TPSA) is 17.8 Å². The highest BCUT2D eigenvalue weighted by atomic mass is 15.3. The summed E-state index contributed by atoms with van der Waals surface area (Å²) in [4.78, 5) is 0. The molecule has 1 heterocycles. The molecular formula is C8H11N2. The SMILES string of the molecule is [c]1cnn(CCC2CC2)c1. The molecule has 1 aromatic rings. The number of rotatable bonds is 3. The lowest BCUT2D eigenvalue weighted by atomic mass is 10.3. The average Bonchev–Trinajstić information content (AvgIpc) is 2.63. The van der Waals surface area contributed by atoms with E-state index in [1.807, 2.05) is 10.9 Å². The quantitative estimate of drug-likeness (QED) is 0.614. The Hall–Kier alpha value is -0.790. The first-order chi connectivity index (χ1) is 4.95. The zero-order valence-corrected chi connectivity index (χ0v) is 5.95. The second kappa shape index (κ2) is 2.45. The number of hydrogen-bond donors (Lipinski definition) is 0. The standard InChI is InChI=1S/C8H11N2/c1-5-9-10(6-1)7-4-8-2-3-8/h5-6,8H,2-4,7H2. The Balaban J connectivity index is 1.79. The molecule has 2 rings (SSSR count). The first-order valence-corrected chi connectivity index (χ1v) is 3.83. The van der Waals surface area contributed by atoms with E-state index in [-0.39, 0.29) is 0 Å². The molecule has 0 spiro atoms. The van der Waals surface area contributed by atoms with Crippen LogP contribution in [0.5, 0.6) is 0 Å². The van der Waals surface area contributed by atoms with E-state index in [1.165, 1.54) is 19.3 Å². The number of nitrogens with zero attached hydrogens (tertiary/aromatic N) is 2. The number of hydrogen-bond acceptors (Lipinski definition) is 1. The third-order valence-corrected chi connectivity index (χ3v) is 1.97. The Morgan fingerprint density at radius 2 is 2.50 bits per heavy atom. The van der Waals surface area contributed by atoms with E-state index in [0.29, 0.717) is 0 Å². The molecule has 1 radical (unpaired) electrons. The zero-order chi connectivity index (χ0) is 6.81. The Labute approximate surface area is 60.9 Å². The fraction of sp³-hybridized carbons (Fsp3) is 0.625. The van der Waals surface area contributed by atoms with Crippen LogP contribution in [-0.4, -0.2) is 9.78 Å². The monoisotopic (exact) mass is 135 g/mol. The van der Waals surface area contributed by atoms with Crippen LogP contribution < -0.4 is 0 Å². The van der Waals surface area contributed by atoms with Gasteiger partial charge in [-0.1, -0.05) is 12.8 Å². The van der Waals surface area contributed by atoms with Gasteiger partial charge in [-0.05, 0) is 12.3 Å². The van der Waals surface area contributed by atoms with Crippen LogP contribution in [0.3, 0.4) is 0 Å². The van der Waals surface area contributed by atoms with E-state index in [0.717, 1.165) is 12.5 Å². The largest absolute Gasteiger partial charge is 0.272 e. The second-order valence-electron chi connectivity index (χ2n) is 2.94. The van der Waals surface area contributed by atoms with Crippen molar-refractivity contribution in [1.29, 1.82) is 0 Å². The third-order valence-electron chi connectivity index (χ3n) is 1.97. The van der Waals surface area contributed by atoms with Gasteiger partial charge in [0.25, 0.3) is 0 Å². The van der Waals surface area contributed by atoms with Gasteiger partial charge in [0.2, 0.25) is 0 Å². The van der Waals surface area contributed by atoms with Crippen LogP contribution in [0.15, 0.2) is 12.4 Å². The number of aryl methyl sites for hydroxylation is 1. The average molecular weight is 135 g/mol. The number of aromatic nitrogens is 2. The van der Waals surface area contributed by atoms with E-state index >= 15 is 0 Å². The summed E-state index contributed by atoms with van der Waals surface area (Å²) < 4.78 is 1.96. The summed E-state index contributed by atoms with van der Waals surface area (Å²) in [5.74, 6) is 1.00. The zero-order valence-electron chi connectivity index (χ0n) is 5.95. The Bertz CT molecular complexity index is 187. The van der Waals surface area contributed by atoms with E-state index in [1.54, 1.807) is 6.20 Å². The minimum atomic E-state index is 1.00. The molecule has 1 aliphatic rings. The molecule has 2 heteroatoms. The van der Waals surface area contributed by atoms with E-state index < -0.39 is 0 Å². The van der Waals surface area contributed by atoms with Crippen LogP contribution in [0.25, 0.3) is 0 Å². The van der Waals surface area contributed by atoms with Gasteiger partial charge in [0.1, 0.15) is 0 Å². The smallest absolute Gasteiger partial charge is 0.0569 e. The molecule has 1 aliphatic carbocycles. The highest BCUT2D eigenvalue weighted by molar-refractivity contribution is 4.77. The Kier molecular flexibility index (Phi) is 1.46. The van der Waals surface area contributed by atoms with Crippen LogP contribution in [0.2, 0.25) is 0 Å². The van der Waals surface area contributed by atoms with Crippen molar-refractivity contribution in [2.75, 3.05) is 0 Å². The lowest BCUT2D eigenvalue weighted by molar-refractivity contribution is 0.546. The highest BCUT2D eigenvalue weighted by Crippen LogP contribution is 2.32. The molecule has 0 amide bonds. The first-order valence-electron chi connectivity index (χ1n) is 3.83. The van der Waals surface area contributed by atoms with Gasteiger partial charge >= 0.3 is 0 Å². The normalized spacial score (nSPS) is 17.6. The van der Waals surface area contributed by atoms with Crippen molar-refractivity contribution in [2.45, 2.75) is 25.8 Å². The van der Waals surface area contributed by atoms with Crippen LogP contribution in [0, 0.1) is 12.0 Å². The van der Waals surface area contributed by atoms with Gasteiger partial charge < -0.3 is 0 Å². The molecule has 0 bridgehead atoms. The van der Waals surface area contributed by atoms with Crippen molar-refractivity contribution in [3.05, 3.63) is 18.5 Å². The Morgan fingerprint density at radius 1 is 1.60 bits per heavy atom. The van der Waals surface area contributed by atoms with Gasteiger partial charge in [-0.25, -0.2) is 0 Å². The molecular weight excluding hydrogens is 124 g/mol. The molecule has 0 saturated heterocycles. The minimum absolute atomic E-state index is 1.00. The maximum absolute atomic E-state index is 4.08. The molecule has 1 saturated carbocycles. The molecule has 10 heavy (non-hydrogen) atoms. The summed E-state index contributed by atoms with van der Waals surface area (Å²) in [5, 5.41) is 4.08. The summed E-state index contributed by atoms with van der Waals surface area (Å²) >= 11 is 0. The lowest BCUT2D eigenvalue weighted by Gasteiger charge is -1.97. The van der Waals surface area contributed by atoms with Crippen molar-refractivity contribution >= 4 is 0 Å². The molecule has 0 atom stereocenters. The predicted molar refractivity (Wildman–Crippen MR) is 38.4 cm³/mol. The van der Waals surface area contributed by atoms with Gasteiger partial charge in [-0.3, -0.25) is 4.68 Å². The lowest BCUT2D eigenvalue weighted by Crippen LogP contribution is -1.98. The van der Waals surface area contributed by atoms with Crippen molar-refractivity contribution in [1.82, 2.24) is 9.78 Å². The van der Waals surface area contributed by atoms with Crippen molar-refractivity contribution in [2.24, 2.45) is 5.92 Å². The van der Waals surface area contributed by atoms with Gasteiger partial charge in [0.05, 0.1) is 6.20 Å². The summed E-state index contributed by atoms with van der Waals surface area (Å²) in [6.45, 7) is 1.08. The Morgan fingerprint density at radius 3 is 3.10 bits per heavy atom. The highest BCUT2D eigenvalue weighted by Gasteiger charge is 2.20. The molecule has 1 aromatic heterocycles. The van der Waals surface area contributed by atoms with E-state index in [2.05, 4.69) is 11.2 Å². The van der Waals surface area contributed by atoms with Crippen LogP contribution >= 0.6 is 0 Å². The molecule has 0 unspecified atom stereocenters.